The molecule has 0 atom stereocenters. The number of alkyl halides is 2. The van der Waals surface area contributed by atoms with E-state index in [1.54, 1.807) is 12.1 Å². The second-order valence-electron chi connectivity index (χ2n) is 7.72. The Kier molecular flexibility index (Phi) is 6.45. The van der Waals surface area contributed by atoms with Crippen LogP contribution >= 0.6 is 11.8 Å². The number of ether oxygens (including phenoxy) is 1. The maximum absolute atomic E-state index is 13.0. The van der Waals surface area contributed by atoms with Crippen LogP contribution in [-0.2, 0) is 6.54 Å². The van der Waals surface area contributed by atoms with Gasteiger partial charge >= 0.3 is 6.61 Å². The molecular formula is C23H24F2N4O2S. The summed E-state index contributed by atoms with van der Waals surface area (Å²) < 4.78 is 33.2. The van der Waals surface area contributed by atoms with Crippen molar-refractivity contribution >= 4 is 17.5 Å². The van der Waals surface area contributed by atoms with E-state index in [0.717, 1.165) is 40.9 Å². The molecular weight excluding hydrogens is 434 g/mol. The number of halogens is 2. The Labute approximate surface area is 189 Å². The summed E-state index contributed by atoms with van der Waals surface area (Å²) in [5.74, 6) is 1.76. The normalized spacial score (nSPS) is 13.5. The van der Waals surface area contributed by atoms with Gasteiger partial charge in [-0.1, -0.05) is 17.8 Å². The van der Waals surface area contributed by atoms with Gasteiger partial charge in [-0.25, -0.2) is 0 Å². The maximum Gasteiger partial charge on any atom is 0.387 e. The predicted octanol–water partition coefficient (Wildman–Crippen LogP) is 5.33. The second kappa shape index (κ2) is 9.28. The number of carbonyl (C=O) groups is 1. The summed E-state index contributed by atoms with van der Waals surface area (Å²) in [6, 6.07) is 8.21. The molecule has 1 aliphatic rings. The zero-order valence-electron chi connectivity index (χ0n) is 17.9. The average molecular weight is 459 g/mol. The quantitative estimate of drug-likeness (QED) is 0.234. The number of benzene rings is 1. The van der Waals surface area contributed by atoms with E-state index >= 15 is 0 Å². The van der Waals surface area contributed by atoms with Crippen molar-refractivity contribution in [2.75, 3.05) is 5.75 Å². The van der Waals surface area contributed by atoms with Gasteiger partial charge in [0.1, 0.15) is 11.6 Å². The van der Waals surface area contributed by atoms with Crippen molar-refractivity contribution in [3.05, 3.63) is 65.8 Å². The number of allylic oxidation sites excluding steroid dienone is 1. The molecule has 1 aromatic carbocycles. The van der Waals surface area contributed by atoms with Crippen molar-refractivity contribution in [2.24, 2.45) is 0 Å². The summed E-state index contributed by atoms with van der Waals surface area (Å²) in [6.07, 6.45) is 4.06. The first-order valence-corrected chi connectivity index (χ1v) is 11.3. The topological polar surface area (TPSA) is 61.9 Å². The van der Waals surface area contributed by atoms with Gasteiger partial charge in [0.15, 0.2) is 10.9 Å². The molecule has 9 heteroatoms. The van der Waals surface area contributed by atoms with Crippen LogP contribution in [0.4, 0.5) is 8.78 Å². The highest BCUT2D eigenvalue weighted by Gasteiger charge is 2.30. The predicted molar refractivity (Wildman–Crippen MR) is 119 cm³/mol. The first-order valence-electron chi connectivity index (χ1n) is 10.3. The SMILES string of the molecule is C=CCn1c(SCC(=O)c2cc(C)n(-c3ccc(OC(F)F)cc3)c2C)nnc1C1CC1. The molecule has 0 aliphatic heterocycles. The minimum absolute atomic E-state index is 0.00636. The summed E-state index contributed by atoms with van der Waals surface area (Å²) in [5.41, 5.74) is 3.07. The fourth-order valence-corrected chi connectivity index (χ4v) is 4.62. The Morgan fingerprint density at radius 1 is 1.28 bits per heavy atom. The largest absolute Gasteiger partial charge is 0.435 e. The number of aromatic nitrogens is 4. The minimum atomic E-state index is -2.87. The van der Waals surface area contributed by atoms with Crippen LogP contribution in [0, 0.1) is 13.8 Å². The zero-order valence-corrected chi connectivity index (χ0v) is 18.7. The van der Waals surface area contributed by atoms with Gasteiger partial charge in [-0.3, -0.25) is 4.79 Å². The molecule has 6 nitrogen and oxygen atoms in total. The van der Waals surface area contributed by atoms with Gasteiger partial charge in [0.05, 0.1) is 5.75 Å². The van der Waals surface area contributed by atoms with Crippen molar-refractivity contribution < 1.29 is 18.3 Å². The molecule has 0 unspecified atom stereocenters. The number of nitrogens with zero attached hydrogens (tertiary/aromatic N) is 4. The third kappa shape index (κ3) is 4.62. The summed E-state index contributed by atoms with van der Waals surface area (Å²) in [7, 11) is 0. The number of hydrogen-bond donors (Lipinski definition) is 0. The van der Waals surface area contributed by atoms with E-state index in [0.29, 0.717) is 18.0 Å². The molecule has 0 amide bonds. The van der Waals surface area contributed by atoms with Crippen LogP contribution in [0.15, 0.2) is 48.1 Å². The standard InChI is InChI=1S/C23H24F2N4O2S/c1-4-11-28-21(16-5-6-16)26-27-23(28)32-13-20(30)19-12-14(2)29(15(19)3)17-7-9-18(10-8-17)31-22(24)25/h4,7-10,12,16,22H,1,5-6,11,13H2,2-3H3. The van der Waals surface area contributed by atoms with E-state index in [1.165, 1.54) is 23.9 Å². The third-order valence-corrected chi connectivity index (χ3v) is 6.35. The van der Waals surface area contributed by atoms with Crippen LogP contribution in [0.3, 0.4) is 0 Å². The lowest BCUT2D eigenvalue weighted by molar-refractivity contribution is -0.0498. The van der Waals surface area contributed by atoms with Crippen molar-refractivity contribution in [3.8, 4) is 11.4 Å². The number of carbonyl (C=O) groups excluding carboxylic acids is 1. The molecule has 0 bridgehead atoms. The van der Waals surface area contributed by atoms with Crippen molar-refractivity contribution in [2.45, 2.75) is 50.9 Å². The van der Waals surface area contributed by atoms with Gasteiger partial charge in [-0.05, 0) is 57.0 Å². The Balaban J connectivity index is 1.50. The summed E-state index contributed by atoms with van der Waals surface area (Å²) >= 11 is 1.38. The van der Waals surface area contributed by atoms with Crippen LogP contribution in [0.5, 0.6) is 5.75 Å². The molecule has 2 heterocycles. The first kappa shape index (κ1) is 22.3. The van der Waals surface area contributed by atoms with E-state index in [2.05, 4.69) is 21.5 Å². The monoisotopic (exact) mass is 458 g/mol. The molecule has 1 aliphatic carbocycles. The zero-order chi connectivity index (χ0) is 22.8. The molecule has 1 fully saturated rings. The highest BCUT2D eigenvalue weighted by molar-refractivity contribution is 7.99. The van der Waals surface area contributed by atoms with Crippen molar-refractivity contribution in [1.29, 1.82) is 0 Å². The average Bonchev–Trinajstić information content (AvgIpc) is 3.45. The molecule has 32 heavy (non-hydrogen) atoms. The van der Waals surface area contributed by atoms with Crippen LogP contribution in [0.25, 0.3) is 5.69 Å². The Bertz CT molecular complexity index is 1130. The van der Waals surface area contributed by atoms with Crippen LogP contribution in [-0.4, -0.2) is 37.5 Å². The molecule has 3 aromatic rings. The second-order valence-corrected chi connectivity index (χ2v) is 8.66. The Hall–Kier alpha value is -2.94. The molecule has 0 saturated heterocycles. The lowest BCUT2D eigenvalue weighted by Crippen LogP contribution is -2.08. The summed E-state index contributed by atoms with van der Waals surface area (Å²) in [5, 5.41) is 9.33. The number of thioether (sulfide) groups is 1. The molecule has 1 saturated carbocycles. The van der Waals surface area contributed by atoms with Crippen LogP contribution in [0.1, 0.15) is 46.3 Å². The van der Waals surface area contributed by atoms with Gasteiger partial charge in [-0.2, -0.15) is 8.78 Å². The molecule has 0 spiro atoms. The van der Waals surface area contributed by atoms with E-state index in [1.807, 2.05) is 35.1 Å². The van der Waals surface area contributed by atoms with Crippen molar-refractivity contribution in [3.63, 3.8) is 0 Å². The van der Waals surface area contributed by atoms with Gasteiger partial charge in [0.2, 0.25) is 0 Å². The molecule has 2 aromatic heterocycles. The van der Waals surface area contributed by atoms with Gasteiger partial charge in [0, 0.05) is 35.1 Å². The van der Waals surface area contributed by atoms with E-state index < -0.39 is 6.61 Å². The van der Waals surface area contributed by atoms with E-state index in [-0.39, 0.29) is 17.3 Å². The lowest BCUT2D eigenvalue weighted by atomic mass is 10.2. The fraction of sp³-hybridized carbons (Fsp3) is 0.348. The van der Waals surface area contributed by atoms with Crippen LogP contribution < -0.4 is 4.74 Å². The molecule has 4 rings (SSSR count). The molecule has 0 N–H and O–H groups in total. The minimum Gasteiger partial charge on any atom is -0.435 e. The third-order valence-electron chi connectivity index (χ3n) is 5.38. The van der Waals surface area contributed by atoms with E-state index in [4.69, 9.17) is 0 Å². The summed E-state index contributed by atoms with van der Waals surface area (Å²) in [4.78, 5) is 13.0. The van der Waals surface area contributed by atoms with Gasteiger partial charge in [-0.15, -0.1) is 16.8 Å². The van der Waals surface area contributed by atoms with Gasteiger partial charge < -0.3 is 13.9 Å². The first-order chi connectivity index (χ1) is 15.4. The molecule has 0 radical (unpaired) electrons. The van der Waals surface area contributed by atoms with E-state index in [9.17, 15) is 13.6 Å². The number of rotatable bonds is 10. The number of ketones is 1. The molecule has 168 valence electrons. The number of aryl methyl sites for hydroxylation is 1. The maximum atomic E-state index is 13.0. The Morgan fingerprint density at radius 3 is 2.62 bits per heavy atom. The summed E-state index contributed by atoms with van der Waals surface area (Å²) in [6.45, 7) is 5.35. The Morgan fingerprint density at radius 2 is 2.00 bits per heavy atom. The van der Waals surface area contributed by atoms with Crippen molar-refractivity contribution in [1.82, 2.24) is 19.3 Å². The van der Waals surface area contributed by atoms with Crippen LogP contribution in [0.2, 0.25) is 0 Å². The van der Waals surface area contributed by atoms with Gasteiger partial charge in [0.25, 0.3) is 0 Å². The number of hydrogen-bond acceptors (Lipinski definition) is 5. The number of Topliss-reactive ketones (excluding diaryl/α,β-unsaturated/α-hetero) is 1. The lowest BCUT2D eigenvalue weighted by Gasteiger charge is -2.11. The highest BCUT2D eigenvalue weighted by atomic mass is 32.2. The fourth-order valence-electron chi connectivity index (χ4n) is 3.78. The smallest absolute Gasteiger partial charge is 0.387 e. The highest BCUT2D eigenvalue weighted by Crippen LogP contribution is 2.40.